The number of rotatable bonds is 4. The third-order valence-corrected chi connectivity index (χ3v) is 8.16. The molecular weight excluding hydrogens is 310 g/mol. The van der Waals surface area contributed by atoms with Gasteiger partial charge in [-0.15, -0.1) is 0 Å². The highest BCUT2D eigenvalue weighted by atomic mass is 16.2. The first kappa shape index (κ1) is 16.6. The Labute approximate surface area is 152 Å². The van der Waals surface area contributed by atoms with E-state index in [0.29, 0.717) is 11.9 Å². The minimum absolute atomic E-state index is 0.0616. The molecule has 140 valence electrons. The van der Waals surface area contributed by atoms with E-state index < -0.39 is 0 Å². The van der Waals surface area contributed by atoms with Crippen LogP contribution in [0.3, 0.4) is 0 Å². The summed E-state index contributed by atoms with van der Waals surface area (Å²) < 4.78 is 0. The van der Waals surface area contributed by atoms with Crippen LogP contribution in [-0.4, -0.2) is 49.1 Å². The number of hydrogen-bond acceptors (Lipinski definition) is 3. The Balaban J connectivity index is 1.23. The van der Waals surface area contributed by atoms with Gasteiger partial charge in [0, 0.05) is 32.2 Å². The fourth-order valence-corrected chi connectivity index (χ4v) is 7.17. The van der Waals surface area contributed by atoms with Crippen LogP contribution in [0, 0.1) is 29.6 Å². The molecule has 0 aromatic heterocycles. The second kappa shape index (κ2) is 6.84. The summed E-state index contributed by atoms with van der Waals surface area (Å²) in [5.74, 6) is 4.66. The Morgan fingerprint density at radius 1 is 1.00 bits per heavy atom. The van der Waals surface area contributed by atoms with Gasteiger partial charge in [0.05, 0.1) is 0 Å². The molecule has 4 nitrogen and oxygen atoms in total. The summed E-state index contributed by atoms with van der Waals surface area (Å²) in [7, 11) is 0. The van der Waals surface area contributed by atoms with Crippen LogP contribution < -0.4 is 10.6 Å². The quantitative estimate of drug-likeness (QED) is 0.822. The Bertz CT molecular complexity index is 473. The lowest BCUT2D eigenvalue weighted by molar-refractivity contribution is -0.131. The van der Waals surface area contributed by atoms with E-state index in [-0.39, 0.29) is 6.04 Å². The number of nitrogens with one attached hydrogen (secondary N) is 2. The van der Waals surface area contributed by atoms with E-state index in [1.807, 2.05) is 0 Å². The van der Waals surface area contributed by atoms with Crippen molar-refractivity contribution in [2.45, 2.75) is 69.9 Å². The largest absolute Gasteiger partial charge is 0.351 e. The van der Waals surface area contributed by atoms with Gasteiger partial charge in [-0.05, 0) is 74.5 Å². The Hall–Kier alpha value is -0.610. The lowest BCUT2D eigenvalue weighted by atomic mass is 9.54. The normalized spacial score (nSPS) is 44.3. The van der Waals surface area contributed by atoms with Crippen LogP contribution in [0.4, 0.5) is 0 Å². The predicted octanol–water partition coefficient (Wildman–Crippen LogP) is 2.39. The van der Waals surface area contributed by atoms with Crippen LogP contribution >= 0.6 is 0 Å². The maximum Gasteiger partial charge on any atom is 0.238 e. The van der Waals surface area contributed by atoms with Crippen molar-refractivity contribution in [3.8, 4) is 0 Å². The van der Waals surface area contributed by atoms with E-state index in [4.69, 9.17) is 0 Å². The summed E-state index contributed by atoms with van der Waals surface area (Å²) in [4.78, 5) is 15.7. The highest BCUT2D eigenvalue weighted by molar-refractivity contribution is 5.82. The molecule has 4 bridgehead atoms. The third kappa shape index (κ3) is 3.25. The fourth-order valence-electron chi connectivity index (χ4n) is 7.17. The number of carbonyl (C=O) groups is 1. The van der Waals surface area contributed by atoms with Gasteiger partial charge in [-0.1, -0.05) is 12.8 Å². The molecular formula is C21H35N3O. The van der Waals surface area contributed by atoms with Crippen LogP contribution in [-0.2, 0) is 4.79 Å². The Morgan fingerprint density at radius 3 is 2.36 bits per heavy atom. The van der Waals surface area contributed by atoms with Gasteiger partial charge in [0.15, 0.2) is 0 Å². The summed E-state index contributed by atoms with van der Waals surface area (Å²) >= 11 is 0. The zero-order valence-electron chi connectivity index (χ0n) is 15.6. The molecule has 1 saturated heterocycles. The summed E-state index contributed by atoms with van der Waals surface area (Å²) in [6, 6.07) is 0.544. The first-order chi connectivity index (χ1) is 12.3. The van der Waals surface area contributed by atoms with Crippen molar-refractivity contribution >= 4 is 5.91 Å². The van der Waals surface area contributed by atoms with E-state index in [0.717, 1.165) is 55.8 Å². The highest BCUT2D eigenvalue weighted by Crippen LogP contribution is 2.53. The summed E-state index contributed by atoms with van der Waals surface area (Å²) in [6.45, 7) is 4.05. The zero-order valence-corrected chi connectivity index (χ0v) is 15.6. The molecule has 6 fully saturated rings. The fraction of sp³-hybridized carbons (Fsp3) is 0.952. The minimum Gasteiger partial charge on any atom is -0.351 e. The molecule has 1 heterocycles. The number of nitrogens with zero attached hydrogens (tertiary/aromatic N) is 1. The standard InChI is InChI=1S/C21H35N3O/c25-21(19-12-22-5-6-24(19)13-14-3-1-2-4-14)23-20-17-8-15-7-16(10-17)11-18(20)9-15/h14-20,22H,1-13H2,(H,23,25)/t15?,16?,17?,18?,19-,20?/m1/s1. The minimum atomic E-state index is 0.0616. The summed E-state index contributed by atoms with van der Waals surface area (Å²) in [5.41, 5.74) is 0. The van der Waals surface area contributed by atoms with Gasteiger partial charge in [-0.2, -0.15) is 0 Å². The van der Waals surface area contributed by atoms with Crippen molar-refractivity contribution in [2.75, 3.05) is 26.2 Å². The van der Waals surface area contributed by atoms with Crippen molar-refractivity contribution in [3.05, 3.63) is 0 Å². The van der Waals surface area contributed by atoms with Gasteiger partial charge in [0.2, 0.25) is 5.91 Å². The van der Waals surface area contributed by atoms with Crippen molar-refractivity contribution in [3.63, 3.8) is 0 Å². The maximum absolute atomic E-state index is 13.2. The Kier molecular flexibility index (Phi) is 4.53. The van der Waals surface area contributed by atoms with E-state index in [1.165, 1.54) is 57.8 Å². The van der Waals surface area contributed by atoms with E-state index in [9.17, 15) is 4.79 Å². The highest BCUT2D eigenvalue weighted by Gasteiger charge is 2.49. The topological polar surface area (TPSA) is 44.4 Å². The molecule has 6 aliphatic rings. The van der Waals surface area contributed by atoms with Gasteiger partial charge in [-0.3, -0.25) is 9.69 Å². The SMILES string of the molecule is O=C(NC1C2CC3CC(C2)CC1C3)[C@H]1CNCCN1CC1CCCC1. The second-order valence-corrected chi connectivity index (χ2v) is 9.83. The summed E-state index contributed by atoms with van der Waals surface area (Å²) in [6.07, 6.45) is 12.5. The molecule has 6 rings (SSSR count). The van der Waals surface area contributed by atoms with Crippen LogP contribution in [0.1, 0.15) is 57.8 Å². The molecule has 0 spiro atoms. The molecule has 5 saturated carbocycles. The lowest BCUT2D eigenvalue weighted by Gasteiger charge is -2.54. The average molecular weight is 346 g/mol. The maximum atomic E-state index is 13.2. The van der Waals surface area contributed by atoms with Crippen molar-refractivity contribution in [1.29, 1.82) is 0 Å². The molecule has 5 aliphatic carbocycles. The smallest absolute Gasteiger partial charge is 0.238 e. The van der Waals surface area contributed by atoms with Gasteiger partial charge >= 0.3 is 0 Å². The summed E-state index contributed by atoms with van der Waals surface area (Å²) in [5, 5.41) is 7.04. The molecule has 25 heavy (non-hydrogen) atoms. The third-order valence-electron chi connectivity index (χ3n) is 8.16. The average Bonchev–Trinajstić information content (AvgIpc) is 3.11. The van der Waals surface area contributed by atoms with E-state index >= 15 is 0 Å². The van der Waals surface area contributed by atoms with Gasteiger partial charge < -0.3 is 10.6 Å². The molecule has 1 amide bonds. The number of carbonyl (C=O) groups excluding carboxylic acids is 1. The molecule has 1 atom stereocenters. The number of hydrogen-bond donors (Lipinski definition) is 2. The molecule has 0 aromatic carbocycles. The van der Waals surface area contributed by atoms with Gasteiger partial charge in [0.1, 0.15) is 6.04 Å². The van der Waals surface area contributed by atoms with E-state index in [2.05, 4.69) is 15.5 Å². The van der Waals surface area contributed by atoms with Gasteiger partial charge in [0.25, 0.3) is 0 Å². The van der Waals surface area contributed by atoms with Crippen molar-refractivity contribution < 1.29 is 4.79 Å². The van der Waals surface area contributed by atoms with Crippen LogP contribution in [0.2, 0.25) is 0 Å². The first-order valence-corrected chi connectivity index (χ1v) is 11.0. The zero-order chi connectivity index (χ0) is 16.8. The first-order valence-electron chi connectivity index (χ1n) is 11.0. The predicted molar refractivity (Wildman–Crippen MR) is 99.2 cm³/mol. The molecule has 1 aliphatic heterocycles. The molecule has 4 heteroatoms. The van der Waals surface area contributed by atoms with E-state index in [1.54, 1.807) is 0 Å². The number of amides is 1. The van der Waals surface area contributed by atoms with Crippen LogP contribution in [0.5, 0.6) is 0 Å². The molecule has 0 aromatic rings. The van der Waals surface area contributed by atoms with Crippen LogP contribution in [0.25, 0.3) is 0 Å². The molecule has 0 radical (unpaired) electrons. The van der Waals surface area contributed by atoms with Gasteiger partial charge in [-0.25, -0.2) is 0 Å². The van der Waals surface area contributed by atoms with Crippen molar-refractivity contribution in [2.24, 2.45) is 29.6 Å². The Morgan fingerprint density at radius 2 is 1.68 bits per heavy atom. The molecule has 0 unspecified atom stereocenters. The monoisotopic (exact) mass is 345 g/mol. The number of piperazine rings is 1. The van der Waals surface area contributed by atoms with Crippen LogP contribution in [0.15, 0.2) is 0 Å². The second-order valence-electron chi connectivity index (χ2n) is 9.83. The molecule has 2 N–H and O–H groups in total. The van der Waals surface area contributed by atoms with Crippen molar-refractivity contribution in [1.82, 2.24) is 15.5 Å². The lowest BCUT2D eigenvalue weighted by Crippen LogP contribution is -2.63.